The van der Waals surface area contributed by atoms with Gasteiger partial charge in [-0.05, 0) is 24.6 Å². The third-order valence-electron chi connectivity index (χ3n) is 4.59. The van der Waals surface area contributed by atoms with Crippen LogP contribution in [0.2, 0.25) is 0 Å². The Morgan fingerprint density at radius 2 is 1.86 bits per heavy atom. The molecule has 0 bridgehead atoms. The first-order valence-electron chi connectivity index (χ1n) is 8.73. The lowest BCUT2D eigenvalue weighted by Gasteiger charge is -2.16. The Morgan fingerprint density at radius 1 is 1.10 bits per heavy atom. The highest BCUT2D eigenvalue weighted by Gasteiger charge is 2.38. The van der Waals surface area contributed by atoms with E-state index in [9.17, 15) is 21.6 Å². The van der Waals surface area contributed by atoms with Gasteiger partial charge in [0, 0.05) is 25.1 Å². The number of nitrogens with zero attached hydrogens (tertiary/aromatic N) is 5. The van der Waals surface area contributed by atoms with E-state index in [1.54, 1.807) is 18.2 Å². The summed E-state index contributed by atoms with van der Waals surface area (Å²) in [7, 11) is -3.58. The van der Waals surface area contributed by atoms with Crippen molar-refractivity contribution < 1.29 is 26.3 Å². The van der Waals surface area contributed by atoms with Gasteiger partial charge in [-0.1, -0.05) is 18.2 Å². The molecule has 2 aromatic heterocycles. The molecule has 0 saturated carbocycles. The molecule has 1 atom stereocenters. The highest BCUT2D eigenvalue weighted by Crippen LogP contribution is 2.28. The average Bonchev–Trinajstić information content (AvgIpc) is 3.34. The first-order chi connectivity index (χ1) is 13.7. The molecule has 1 aliphatic rings. The minimum Gasteiger partial charge on any atom is -0.476 e. The van der Waals surface area contributed by atoms with Crippen LogP contribution in [-0.2, 0) is 16.2 Å². The summed E-state index contributed by atoms with van der Waals surface area (Å²) in [6, 6.07) is 10.9. The molecule has 1 unspecified atom stereocenters. The molecule has 1 aliphatic heterocycles. The Labute approximate surface area is 164 Å². The van der Waals surface area contributed by atoms with E-state index in [4.69, 9.17) is 4.74 Å². The maximum atomic E-state index is 12.9. The summed E-state index contributed by atoms with van der Waals surface area (Å²) >= 11 is 0. The van der Waals surface area contributed by atoms with Crippen molar-refractivity contribution in [3.63, 3.8) is 0 Å². The lowest BCUT2D eigenvalue weighted by Crippen LogP contribution is -2.29. The third-order valence-corrected chi connectivity index (χ3v) is 6.47. The van der Waals surface area contributed by atoms with E-state index < -0.39 is 22.0 Å². The Balaban J connectivity index is 1.43. The van der Waals surface area contributed by atoms with Crippen molar-refractivity contribution in [2.45, 2.75) is 17.5 Å². The van der Waals surface area contributed by atoms with Gasteiger partial charge >= 0.3 is 6.18 Å². The van der Waals surface area contributed by atoms with Crippen molar-refractivity contribution >= 4 is 15.7 Å². The maximum absolute atomic E-state index is 12.9. The molecule has 1 saturated heterocycles. The number of aromatic nitrogens is 4. The van der Waals surface area contributed by atoms with Crippen LogP contribution in [0.5, 0.6) is 5.88 Å². The van der Waals surface area contributed by atoms with Gasteiger partial charge in [-0.15, -0.1) is 15.3 Å². The number of alkyl halides is 3. The smallest absolute Gasteiger partial charge is 0.453 e. The molecule has 154 valence electrons. The van der Waals surface area contributed by atoms with Crippen LogP contribution < -0.4 is 4.74 Å². The van der Waals surface area contributed by atoms with Crippen LogP contribution in [-0.4, -0.2) is 52.2 Å². The van der Waals surface area contributed by atoms with E-state index in [1.807, 2.05) is 0 Å². The van der Waals surface area contributed by atoms with E-state index in [0.29, 0.717) is 17.5 Å². The van der Waals surface area contributed by atoms with Crippen LogP contribution >= 0.6 is 0 Å². The lowest BCUT2D eigenvalue weighted by atomic mass is 10.1. The maximum Gasteiger partial charge on any atom is 0.453 e. The number of hydrogen-bond acceptors (Lipinski definition) is 6. The predicted octanol–water partition coefficient (Wildman–Crippen LogP) is 2.23. The molecule has 4 rings (SSSR count). The monoisotopic (exact) mass is 427 g/mol. The lowest BCUT2D eigenvalue weighted by molar-refractivity contribution is -0.146. The van der Waals surface area contributed by atoms with Crippen molar-refractivity contribution in [2.75, 3.05) is 19.7 Å². The summed E-state index contributed by atoms with van der Waals surface area (Å²) in [6.45, 7) is 0.740. The van der Waals surface area contributed by atoms with Gasteiger partial charge in [-0.3, -0.25) is 0 Å². The van der Waals surface area contributed by atoms with Crippen LogP contribution in [0.15, 0.2) is 47.4 Å². The zero-order chi connectivity index (χ0) is 20.6. The van der Waals surface area contributed by atoms with E-state index >= 15 is 0 Å². The minimum atomic E-state index is -4.69. The Hall–Kier alpha value is -2.73. The fourth-order valence-electron chi connectivity index (χ4n) is 3.12. The quantitative estimate of drug-likeness (QED) is 0.620. The molecule has 3 aromatic rings. The molecule has 1 fully saturated rings. The van der Waals surface area contributed by atoms with Gasteiger partial charge in [0.2, 0.25) is 15.9 Å². The summed E-state index contributed by atoms with van der Waals surface area (Å²) < 4.78 is 71.6. The second-order valence-corrected chi connectivity index (χ2v) is 8.54. The highest BCUT2D eigenvalue weighted by atomic mass is 32.2. The predicted molar refractivity (Wildman–Crippen MR) is 94.6 cm³/mol. The molecule has 8 nitrogen and oxygen atoms in total. The summed E-state index contributed by atoms with van der Waals surface area (Å²) in [6.07, 6.45) is -4.11. The number of rotatable bonds is 5. The van der Waals surface area contributed by atoms with Crippen molar-refractivity contribution in [1.82, 2.24) is 24.1 Å². The minimum absolute atomic E-state index is 0.0211. The normalized spacial score (nSPS) is 18.4. The second kappa shape index (κ2) is 7.26. The first-order valence-corrected chi connectivity index (χ1v) is 10.2. The van der Waals surface area contributed by atoms with Crippen LogP contribution in [0.25, 0.3) is 5.65 Å². The molecular formula is C17H16F3N5O3S. The average molecular weight is 427 g/mol. The Kier molecular flexibility index (Phi) is 4.90. The Morgan fingerprint density at radius 3 is 2.59 bits per heavy atom. The molecule has 0 radical (unpaired) electrons. The number of ether oxygens (including phenoxy) is 1. The van der Waals surface area contributed by atoms with Crippen LogP contribution in [0, 0.1) is 5.92 Å². The molecule has 29 heavy (non-hydrogen) atoms. The molecule has 1 aromatic carbocycles. The molecule has 0 spiro atoms. The van der Waals surface area contributed by atoms with Crippen molar-refractivity contribution in [2.24, 2.45) is 5.92 Å². The number of hydrogen-bond donors (Lipinski definition) is 0. The van der Waals surface area contributed by atoms with Crippen LogP contribution in [0.3, 0.4) is 0 Å². The summed E-state index contributed by atoms with van der Waals surface area (Å²) in [5.41, 5.74) is -0.0503. The van der Waals surface area contributed by atoms with Crippen LogP contribution in [0.1, 0.15) is 12.2 Å². The standard InChI is InChI=1S/C17H16F3N5O3S/c18-17(19,20)16-22-21-14-6-7-15(23-25(14)16)28-11-12-8-9-24(10-12)29(26,27)13-4-2-1-3-5-13/h1-7,12H,8-11H2. The van der Waals surface area contributed by atoms with Crippen LogP contribution in [0.4, 0.5) is 13.2 Å². The number of fused-ring (bicyclic) bond motifs is 1. The summed E-state index contributed by atoms with van der Waals surface area (Å²) in [5, 5.41) is 10.3. The van der Waals surface area contributed by atoms with E-state index in [2.05, 4.69) is 15.3 Å². The highest BCUT2D eigenvalue weighted by molar-refractivity contribution is 7.89. The summed E-state index contributed by atoms with van der Waals surface area (Å²) in [4.78, 5) is 0.223. The molecule has 12 heteroatoms. The number of halogens is 3. The third kappa shape index (κ3) is 3.90. The molecule has 0 amide bonds. The zero-order valence-corrected chi connectivity index (χ0v) is 15.8. The zero-order valence-electron chi connectivity index (χ0n) is 15.0. The SMILES string of the molecule is O=S(=O)(c1ccccc1)N1CCC(COc2ccc3nnc(C(F)(F)F)n3n2)C1. The summed E-state index contributed by atoms with van der Waals surface area (Å²) in [5.74, 6) is -1.36. The second-order valence-electron chi connectivity index (χ2n) is 6.60. The van der Waals surface area contributed by atoms with Gasteiger partial charge in [0.1, 0.15) is 0 Å². The molecule has 3 heterocycles. The van der Waals surface area contributed by atoms with Gasteiger partial charge in [0.15, 0.2) is 5.65 Å². The van der Waals surface area contributed by atoms with Gasteiger partial charge in [-0.25, -0.2) is 8.42 Å². The molecule has 0 N–H and O–H groups in total. The number of sulfonamides is 1. The topological polar surface area (TPSA) is 89.7 Å². The molecular weight excluding hydrogens is 411 g/mol. The van der Waals surface area contributed by atoms with Gasteiger partial charge in [-0.2, -0.15) is 22.0 Å². The van der Waals surface area contributed by atoms with Gasteiger partial charge < -0.3 is 4.74 Å². The largest absolute Gasteiger partial charge is 0.476 e. The van der Waals surface area contributed by atoms with Crippen molar-refractivity contribution in [3.8, 4) is 5.88 Å². The van der Waals surface area contributed by atoms with E-state index in [0.717, 1.165) is 0 Å². The number of benzene rings is 1. The fraction of sp³-hybridized carbons (Fsp3) is 0.353. The van der Waals surface area contributed by atoms with Gasteiger partial charge in [0.25, 0.3) is 5.82 Å². The first kappa shape index (κ1) is 19.6. The Bertz CT molecular complexity index is 1120. The van der Waals surface area contributed by atoms with E-state index in [1.165, 1.54) is 28.6 Å². The van der Waals surface area contributed by atoms with E-state index in [-0.39, 0.29) is 35.5 Å². The van der Waals surface area contributed by atoms with Crippen molar-refractivity contribution in [1.29, 1.82) is 0 Å². The fourth-order valence-corrected chi connectivity index (χ4v) is 4.67. The molecule has 0 aliphatic carbocycles. The van der Waals surface area contributed by atoms with Crippen molar-refractivity contribution in [3.05, 3.63) is 48.3 Å². The van der Waals surface area contributed by atoms with Gasteiger partial charge in [0.05, 0.1) is 11.5 Å².